The van der Waals surface area contributed by atoms with Crippen LogP contribution in [-0.2, 0) is 0 Å². The van der Waals surface area contributed by atoms with Crippen molar-refractivity contribution in [3.8, 4) is 0 Å². The predicted octanol–water partition coefficient (Wildman–Crippen LogP) is 4.42. The molecule has 1 rings (SSSR count). The first-order valence-electron chi connectivity index (χ1n) is 8.06. The molecule has 0 N–H and O–H groups in total. The summed E-state index contributed by atoms with van der Waals surface area (Å²) in [4.78, 5) is 15.0. The highest BCUT2D eigenvalue weighted by molar-refractivity contribution is 7.80. The molecule has 0 saturated heterocycles. The van der Waals surface area contributed by atoms with Gasteiger partial charge in [0.15, 0.2) is 10.3 Å². The third kappa shape index (κ3) is 7.90. The lowest BCUT2D eigenvalue weighted by Crippen LogP contribution is -2.28. The molecule has 0 aliphatic heterocycles. The molecule has 0 bridgehead atoms. The summed E-state index contributed by atoms with van der Waals surface area (Å²) in [5, 5.41) is 0.884. The summed E-state index contributed by atoms with van der Waals surface area (Å²) >= 11 is 8.46. The Morgan fingerprint density at radius 2 is 1.19 bits per heavy atom. The third-order valence-corrected chi connectivity index (χ3v) is 3.85. The molecule has 21 heavy (non-hydrogen) atoms. The Morgan fingerprint density at radius 1 is 0.714 bits per heavy atom. The molecule has 0 radical (unpaired) electrons. The van der Waals surface area contributed by atoms with Crippen LogP contribution in [0.5, 0.6) is 0 Å². The fourth-order valence-electron chi connectivity index (χ4n) is 2.26. The van der Waals surface area contributed by atoms with Crippen molar-refractivity contribution in [1.29, 1.82) is 0 Å². The van der Waals surface area contributed by atoms with Gasteiger partial charge in [-0.2, -0.15) is 15.0 Å². The van der Waals surface area contributed by atoms with Crippen LogP contribution in [0.3, 0.4) is 0 Å². The van der Waals surface area contributed by atoms with E-state index in [4.69, 9.17) is 0 Å². The molecule has 1 heterocycles. The van der Waals surface area contributed by atoms with E-state index in [1.165, 1.54) is 51.4 Å². The van der Waals surface area contributed by atoms with Gasteiger partial charge in [0.25, 0.3) is 0 Å². The summed E-state index contributed by atoms with van der Waals surface area (Å²) in [6, 6.07) is 0. The molecule has 0 unspecified atom stereocenters. The first-order valence-corrected chi connectivity index (χ1v) is 8.95. The minimum atomic E-state index is 0.442. The van der Waals surface area contributed by atoms with Crippen molar-refractivity contribution in [3.63, 3.8) is 0 Å². The van der Waals surface area contributed by atoms with Gasteiger partial charge in [-0.25, -0.2) is 0 Å². The molecule has 0 spiro atoms. The zero-order valence-corrected chi connectivity index (χ0v) is 15.0. The number of hydrogen-bond donors (Lipinski definition) is 2. The number of unbranched alkanes of at least 4 members (excludes halogenated alkanes) is 6. The highest BCUT2D eigenvalue weighted by atomic mass is 32.1. The number of nitrogens with zero attached hydrogens (tertiary/aromatic N) is 4. The van der Waals surface area contributed by atoms with Crippen molar-refractivity contribution in [3.05, 3.63) is 0 Å². The number of aromatic nitrogens is 3. The van der Waals surface area contributed by atoms with Gasteiger partial charge < -0.3 is 4.90 Å². The third-order valence-electron chi connectivity index (χ3n) is 3.45. The van der Waals surface area contributed by atoms with Crippen LogP contribution in [0.25, 0.3) is 0 Å². The van der Waals surface area contributed by atoms with Crippen molar-refractivity contribution >= 4 is 31.2 Å². The second-order valence-electron chi connectivity index (χ2n) is 5.34. The Bertz CT molecular complexity index is 369. The first kappa shape index (κ1) is 18.6. The van der Waals surface area contributed by atoms with Crippen molar-refractivity contribution in [2.45, 2.75) is 75.5 Å². The Morgan fingerprint density at radius 3 is 1.62 bits per heavy atom. The Hall–Kier alpha value is -0.490. The van der Waals surface area contributed by atoms with Crippen LogP contribution in [-0.4, -0.2) is 28.0 Å². The van der Waals surface area contributed by atoms with Crippen molar-refractivity contribution in [2.75, 3.05) is 18.0 Å². The molecule has 0 amide bonds. The van der Waals surface area contributed by atoms with Gasteiger partial charge in [0.1, 0.15) is 0 Å². The monoisotopic (exact) mass is 328 g/mol. The average molecular weight is 329 g/mol. The van der Waals surface area contributed by atoms with E-state index in [1.807, 2.05) is 0 Å². The highest BCUT2D eigenvalue weighted by Gasteiger charge is 2.11. The Balaban J connectivity index is 2.60. The van der Waals surface area contributed by atoms with Gasteiger partial charge in [0.05, 0.1) is 0 Å². The molecule has 1 aromatic heterocycles. The molecule has 0 fully saturated rings. The molecule has 4 nitrogen and oxygen atoms in total. The van der Waals surface area contributed by atoms with E-state index in [9.17, 15) is 0 Å². The molecule has 0 aliphatic rings. The molecular weight excluding hydrogens is 300 g/mol. The van der Waals surface area contributed by atoms with Crippen molar-refractivity contribution in [2.24, 2.45) is 0 Å². The van der Waals surface area contributed by atoms with Crippen LogP contribution < -0.4 is 4.90 Å². The maximum atomic E-state index is 4.35. The largest absolute Gasteiger partial charge is 0.341 e. The van der Waals surface area contributed by atoms with Crippen molar-refractivity contribution in [1.82, 2.24) is 15.0 Å². The summed E-state index contributed by atoms with van der Waals surface area (Å²) in [6.07, 6.45) is 9.96. The summed E-state index contributed by atoms with van der Waals surface area (Å²) < 4.78 is 0. The van der Waals surface area contributed by atoms with E-state index in [-0.39, 0.29) is 0 Å². The van der Waals surface area contributed by atoms with E-state index < -0.39 is 0 Å². The van der Waals surface area contributed by atoms with E-state index in [0.717, 1.165) is 13.1 Å². The number of rotatable bonds is 11. The van der Waals surface area contributed by atoms with E-state index in [1.54, 1.807) is 0 Å². The van der Waals surface area contributed by atoms with Gasteiger partial charge in [-0.3, -0.25) is 0 Å². The lowest BCUT2D eigenvalue weighted by atomic mass is 10.2. The minimum absolute atomic E-state index is 0.442. The van der Waals surface area contributed by atoms with Crippen LogP contribution in [0.2, 0.25) is 0 Å². The maximum Gasteiger partial charge on any atom is 0.230 e. The summed E-state index contributed by atoms with van der Waals surface area (Å²) in [5.74, 6) is 0.716. The molecule has 1 aromatic rings. The number of anilines is 1. The van der Waals surface area contributed by atoms with Gasteiger partial charge in [-0.05, 0) is 12.8 Å². The van der Waals surface area contributed by atoms with Gasteiger partial charge in [0.2, 0.25) is 5.95 Å². The number of hydrogen-bond acceptors (Lipinski definition) is 6. The normalized spacial score (nSPS) is 10.9. The molecule has 120 valence electrons. The number of thiol groups is 2. The van der Waals surface area contributed by atoms with Crippen LogP contribution in [0.4, 0.5) is 5.95 Å². The quantitative estimate of drug-likeness (QED) is 0.466. The second kappa shape index (κ2) is 11.1. The van der Waals surface area contributed by atoms with E-state index >= 15 is 0 Å². The SMILES string of the molecule is CCCCCCN(CCCCCC)c1nc(S)nc(S)n1. The van der Waals surface area contributed by atoms with Crippen LogP contribution >= 0.6 is 25.3 Å². The predicted molar refractivity (Wildman–Crippen MR) is 94.8 cm³/mol. The molecule has 0 aromatic carbocycles. The van der Waals surface area contributed by atoms with Gasteiger partial charge >= 0.3 is 0 Å². The zero-order chi connectivity index (χ0) is 15.5. The van der Waals surface area contributed by atoms with Crippen LogP contribution in [0.1, 0.15) is 65.2 Å². The Kier molecular flexibility index (Phi) is 9.83. The standard InChI is InChI=1S/C15H28N4S2/c1-3-5-7-9-11-19(12-10-8-6-4-2)13-16-14(20)18-15(21)17-13/h3-12H2,1-2H3,(H2,16,17,18,20,21). The lowest BCUT2D eigenvalue weighted by molar-refractivity contribution is 0.594. The summed E-state index contributed by atoms with van der Waals surface area (Å²) in [5.41, 5.74) is 0. The van der Waals surface area contributed by atoms with Gasteiger partial charge in [0, 0.05) is 13.1 Å². The van der Waals surface area contributed by atoms with Gasteiger partial charge in [-0.1, -0.05) is 52.4 Å². The first-order chi connectivity index (χ1) is 10.2. The van der Waals surface area contributed by atoms with E-state index in [2.05, 4.69) is 59.0 Å². The highest BCUT2D eigenvalue weighted by Crippen LogP contribution is 2.15. The second-order valence-corrected chi connectivity index (χ2v) is 6.14. The average Bonchev–Trinajstić information content (AvgIpc) is 2.44. The van der Waals surface area contributed by atoms with Crippen LogP contribution in [0.15, 0.2) is 10.3 Å². The molecule has 6 heteroatoms. The lowest BCUT2D eigenvalue weighted by Gasteiger charge is -2.22. The topological polar surface area (TPSA) is 41.9 Å². The summed E-state index contributed by atoms with van der Waals surface area (Å²) in [7, 11) is 0. The molecule has 0 aliphatic carbocycles. The molecule has 0 saturated carbocycles. The molecular formula is C15H28N4S2. The van der Waals surface area contributed by atoms with E-state index in [0.29, 0.717) is 16.3 Å². The smallest absolute Gasteiger partial charge is 0.230 e. The van der Waals surface area contributed by atoms with Crippen molar-refractivity contribution < 1.29 is 0 Å². The zero-order valence-electron chi connectivity index (χ0n) is 13.3. The minimum Gasteiger partial charge on any atom is -0.341 e. The maximum absolute atomic E-state index is 4.35. The summed E-state index contributed by atoms with van der Waals surface area (Å²) in [6.45, 7) is 6.46. The fourth-order valence-corrected chi connectivity index (χ4v) is 2.70. The molecule has 0 atom stereocenters. The fraction of sp³-hybridized carbons (Fsp3) is 0.800. The van der Waals surface area contributed by atoms with Gasteiger partial charge in [-0.15, -0.1) is 25.3 Å². The Labute approximate surface area is 140 Å². The van der Waals surface area contributed by atoms with Crippen LogP contribution in [0, 0.1) is 0 Å².